The summed E-state index contributed by atoms with van der Waals surface area (Å²) in [5, 5.41) is 22.0. The summed E-state index contributed by atoms with van der Waals surface area (Å²) in [5.74, 6) is -3.49. The van der Waals surface area contributed by atoms with Crippen molar-refractivity contribution in [2.24, 2.45) is 0 Å². The van der Waals surface area contributed by atoms with Crippen LogP contribution in [0.4, 0.5) is 17.6 Å². The van der Waals surface area contributed by atoms with Crippen LogP contribution in [0.15, 0.2) is 78.9 Å². The van der Waals surface area contributed by atoms with E-state index in [0.29, 0.717) is 21.7 Å². The molecule has 0 bridgehead atoms. The normalized spacial score (nSPS) is 14.0. The highest BCUT2D eigenvalue weighted by Gasteiger charge is 2.33. The lowest BCUT2D eigenvalue weighted by Crippen LogP contribution is -2.32. The number of aliphatic hydroxyl groups is 2. The highest BCUT2D eigenvalue weighted by atomic mass is 35.5. The summed E-state index contributed by atoms with van der Waals surface area (Å²) in [6.07, 6.45) is 0.167. The summed E-state index contributed by atoms with van der Waals surface area (Å²) < 4.78 is 53.7. The Morgan fingerprint density at radius 1 is 0.610 bits per heavy atom. The number of rotatable bonds is 8. The van der Waals surface area contributed by atoms with Crippen LogP contribution in [0.2, 0.25) is 10.0 Å². The molecule has 10 heteroatoms. The van der Waals surface area contributed by atoms with Gasteiger partial charge in [0.1, 0.15) is 34.5 Å². The van der Waals surface area contributed by atoms with E-state index in [2.05, 4.69) is 0 Å². The molecule has 2 N–H and O–H groups in total. The van der Waals surface area contributed by atoms with Gasteiger partial charge in [0.25, 0.3) is 0 Å². The Balaban J connectivity index is 0.000000226. The molecule has 0 heterocycles. The molecule has 0 saturated carbocycles. The molecule has 2 atom stereocenters. The maximum atomic E-state index is 13.9. The standard InChI is InChI=1S/C16H15ClF2O.C15H11Cl3F2O/c1-11-3-2-4-12(7-11)9-16(20,10-17)14-6-5-13(18)8-15(14)19;16-8-15(21,13-2-1-12(19)6-14(13)20)7-9-3-10(17)5-11(18)4-9/h2-8,20H,9-10H2,1H3;1-6,21H,7-8H2. The highest BCUT2D eigenvalue weighted by molar-refractivity contribution is 6.34. The molecule has 0 fully saturated rings. The van der Waals surface area contributed by atoms with E-state index in [1.165, 1.54) is 12.1 Å². The van der Waals surface area contributed by atoms with Crippen LogP contribution in [0, 0.1) is 30.2 Å². The number of alkyl halides is 2. The lowest BCUT2D eigenvalue weighted by molar-refractivity contribution is 0.0569. The molecule has 0 aliphatic carbocycles. The summed E-state index contributed by atoms with van der Waals surface area (Å²) in [7, 11) is 0. The zero-order valence-electron chi connectivity index (χ0n) is 21.8. The van der Waals surface area contributed by atoms with Gasteiger partial charge in [0.05, 0.1) is 11.8 Å². The van der Waals surface area contributed by atoms with Gasteiger partial charge in [-0.05, 0) is 48.4 Å². The van der Waals surface area contributed by atoms with Crippen molar-refractivity contribution < 1.29 is 27.8 Å². The zero-order chi connectivity index (χ0) is 30.4. The minimum atomic E-state index is -1.69. The molecule has 4 aromatic carbocycles. The van der Waals surface area contributed by atoms with Crippen molar-refractivity contribution in [2.75, 3.05) is 11.8 Å². The molecule has 4 aromatic rings. The van der Waals surface area contributed by atoms with E-state index < -0.39 is 34.5 Å². The Bertz CT molecular complexity index is 1480. The largest absolute Gasteiger partial charge is 0.383 e. The van der Waals surface area contributed by atoms with E-state index in [9.17, 15) is 27.8 Å². The summed E-state index contributed by atoms with van der Waals surface area (Å²) in [6.45, 7) is 1.93. The van der Waals surface area contributed by atoms with Gasteiger partial charge in [0.2, 0.25) is 0 Å². The lowest BCUT2D eigenvalue weighted by Gasteiger charge is -2.27. The SMILES string of the molecule is Cc1cccc(CC(O)(CCl)c2ccc(F)cc2F)c1.OC(CCl)(Cc1cc(Cl)cc(Cl)c1)c1ccc(F)cc1F. The van der Waals surface area contributed by atoms with Crippen LogP contribution < -0.4 is 0 Å². The van der Waals surface area contributed by atoms with Crippen LogP contribution in [0.1, 0.15) is 27.8 Å². The van der Waals surface area contributed by atoms with Gasteiger partial charge in [-0.1, -0.05) is 65.2 Å². The van der Waals surface area contributed by atoms with Crippen molar-refractivity contribution in [3.05, 3.63) is 140 Å². The van der Waals surface area contributed by atoms with Crippen LogP contribution in [0.3, 0.4) is 0 Å². The van der Waals surface area contributed by atoms with Crippen molar-refractivity contribution >= 4 is 46.4 Å². The van der Waals surface area contributed by atoms with Crippen molar-refractivity contribution in [2.45, 2.75) is 31.0 Å². The third kappa shape index (κ3) is 8.84. The average Bonchev–Trinajstić information content (AvgIpc) is 2.88. The Kier molecular flexibility index (Phi) is 11.5. The van der Waals surface area contributed by atoms with Gasteiger partial charge >= 0.3 is 0 Å². The molecule has 218 valence electrons. The van der Waals surface area contributed by atoms with E-state index in [-0.39, 0.29) is 35.7 Å². The predicted octanol–water partition coefficient (Wildman–Crippen LogP) is 8.88. The molecular formula is C31H26Cl4F4O2. The van der Waals surface area contributed by atoms with E-state index in [0.717, 1.165) is 29.3 Å². The van der Waals surface area contributed by atoms with Gasteiger partial charge in [-0.15, -0.1) is 23.2 Å². The Morgan fingerprint density at radius 3 is 1.49 bits per heavy atom. The van der Waals surface area contributed by atoms with Gasteiger partial charge in [-0.25, -0.2) is 17.6 Å². The van der Waals surface area contributed by atoms with Crippen LogP contribution in [0.5, 0.6) is 0 Å². The fourth-order valence-electron chi connectivity index (χ4n) is 4.37. The van der Waals surface area contributed by atoms with Crippen molar-refractivity contribution in [3.8, 4) is 0 Å². The third-order valence-electron chi connectivity index (χ3n) is 6.31. The first-order chi connectivity index (χ1) is 19.3. The molecule has 4 rings (SSSR count). The Labute approximate surface area is 256 Å². The molecule has 0 radical (unpaired) electrons. The second-order valence-corrected chi connectivity index (χ2v) is 11.1. The summed E-state index contributed by atoms with van der Waals surface area (Å²) in [5.41, 5.74) is -0.832. The van der Waals surface area contributed by atoms with Gasteiger partial charge in [0.15, 0.2) is 0 Å². The van der Waals surface area contributed by atoms with Crippen LogP contribution in [0.25, 0.3) is 0 Å². The second kappa shape index (κ2) is 14.2. The molecule has 0 saturated heterocycles. The van der Waals surface area contributed by atoms with Crippen LogP contribution in [-0.4, -0.2) is 22.0 Å². The number of hydrogen-bond donors (Lipinski definition) is 2. The number of halogens is 8. The summed E-state index contributed by atoms with van der Waals surface area (Å²) >= 11 is 23.4. The van der Waals surface area contributed by atoms with E-state index in [4.69, 9.17) is 46.4 Å². The van der Waals surface area contributed by atoms with E-state index >= 15 is 0 Å². The third-order valence-corrected chi connectivity index (χ3v) is 7.63. The maximum Gasteiger partial charge on any atom is 0.132 e. The average molecular weight is 648 g/mol. The smallest absolute Gasteiger partial charge is 0.132 e. The number of aryl methyl sites for hydroxylation is 1. The molecule has 0 spiro atoms. The maximum absolute atomic E-state index is 13.9. The van der Waals surface area contributed by atoms with Crippen molar-refractivity contribution in [3.63, 3.8) is 0 Å². The van der Waals surface area contributed by atoms with Crippen molar-refractivity contribution in [1.29, 1.82) is 0 Å². The quantitative estimate of drug-likeness (QED) is 0.148. The Morgan fingerprint density at radius 2 is 1.07 bits per heavy atom. The number of benzene rings is 4. The van der Waals surface area contributed by atoms with Crippen LogP contribution in [-0.2, 0) is 24.0 Å². The topological polar surface area (TPSA) is 40.5 Å². The molecule has 0 aliphatic rings. The van der Waals surface area contributed by atoms with E-state index in [1.807, 2.05) is 31.2 Å². The summed E-state index contributed by atoms with van der Waals surface area (Å²) in [6, 6.07) is 18.4. The molecule has 41 heavy (non-hydrogen) atoms. The first kappa shape index (κ1) is 33.2. The van der Waals surface area contributed by atoms with Crippen LogP contribution >= 0.6 is 46.4 Å². The Hall–Kier alpha value is -2.32. The molecule has 0 aliphatic heterocycles. The first-order valence-corrected chi connectivity index (χ1v) is 14.1. The van der Waals surface area contributed by atoms with Gasteiger partial charge < -0.3 is 10.2 Å². The molecular weight excluding hydrogens is 622 g/mol. The predicted molar refractivity (Wildman–Crippen MR) is 157 cm³/mol. The summed E-state index contributed by atoms with van der Waals surface area (Å²) in [4.78, 5) is 0. The van der Waals surface area contributed by atoms with Crippen molar-refractivity contribution in [1.82, 2.24) is 0 Å². The van der Waals surface area contributed by atoms with Gasteiger partial charge in [-0.3, -0.25) is 0 Å². The molecule has 2 unspecified atom stereocenters. The second-order valence-electron chi connectivity index (χ2n) is 9.70. The first-order valence-electron chi connectivity index (χ1n) is 12.3. The fraction of sp³-hybridized carbons (Fsp3) is 0.226. The molecule has 0 aromatic heterocycles. The minimum absolute atomic E-state index is 0.000662. The zero-order valence-corrected chi connectivity index (χ0v) is 24.8. The monoisotopic (exact) mass is 646 g/mol. The minimum Gasteiger partial charge on any atom is -0.383 e. The fourth-order valence-corrected chi connectivity index (χ4v) is 5.42. The van der Waals surface area contributed by atoms with E-state index in [1.54, 1.807) is 18.2 Å². The lowest BCUT2D eigenvalue weighted by atomic mass is 9.88. The van der Waals surface area contributed by atoms with Gasteiger partial charge in [-0.2, -0.15) is 0 Å². The number of hydrogen-bond acceptors (Lipinski definition) is 2. The molecule has 0 amide bonds. The van der Waals surface area contributed by atoms with Gasteiger partial charge in [0, 0.05) is 46.1 Å². The molecule has 2 nitrogen and oxygen atoms in total. The highest BCUT2D eigenvalue weighted by Crippen LogP contribution is 2.32.